The summed E-state index contributed by atoms with van der Waals surface area (Å²) >= 11 is 0. The zero-order valence-electron chi connectivity index (χ0n) is 33.5. The van der Waals surface area contributed by atoms with Gasteiger partial charge in [0.15, 0.2) is 0 Å². The average molecular weight is 857 g/mol. The number of piperazine rings is 1. The number of imide groups is 1. The van der Waals surface area contributed by atoms with E-state index in [4.69, 9.17) is 5.73 Å². The second-order valence-electron chi connectivity index (χ2n) is 14.2. The normalized spacial score (nSPS) is 17.9. The molecule has 0 saturated carbocycles. The van der Waals surface area contributed by atoms with Crippen LogP contribution in [0.5, 0.6) is 0 Å². The molecule has 3 aliphatic rings. The van der Waals surface area contributed by atoms with E-state index in [1.807, 2.05) is 36.6 Å². The number of nitrogens with one attached hydrogen (secondary N) is 2. The lowest BCUT2D eigenvalue weighted by Crippen LogP contribution is -2.46. The Kier molecular flexibility index (Phi) is 15.7. The first kappa shape index (κ1) is 45.6. The molecule has 60 heavy (non-hydrogen) atoms. The fraction of sp³-hybridized carbons (Fsp3) is 0.425. The topological polar surface area (TPSA) is 187 Å². The molecule has 2 fully saturated rings. The summed E-state index contributed by atoms with van der Waals surface area (Å²) in [7, 11) is 3.70. The van der Waals surface area contributed by atoms with Gasteiger partial charge >= 0.3 is 6.18 Å². The van der Waals surface area contributed by atoms with E-state index in [9.17, 15) is 36.6 Å². The maximum Gasteiger partial charge on any atom is 0.419 e. The van der Waals surface area contributed by atoms with E-state index in [0.29, 0.717) is 76.1 Å². The van der Waals surface area contributed by atoms with Gasteiger partial charge in [0.1, 0.15) is 34.9 Å². The minimum absolute atomic E-state index is 0.00166. The van der Waals surface area contributed by atoms with Crippen molar-refractivity contribution in [1.82, 2.24) is 29.4 Å². The number of aldehydes is 2. The summed E-state index contributed by atoms with van der Waals surface area (Å²) in [5.74, 6) is -2.11. The van der Waals surface area contributed by atoms with Gasteiger partial charge in [-0.3, -0.25) is 24.4 Å². The molecule has 0 spiro atoms. The standard InChI is InChI=1S/C38H41F4N9O5S.C2H7N/c1-44-20-25(19-43)34-31(38(40,41)42)21-45-37(47-34)46-26-7-9-50(10-8-26)57(56)28-6-2-4-24(16-28)22-48-11-13-49(14-12-48)33-18-30-29(17-32(33)39)35(54)51(36(30)55)27(23-53)5-3-15-52;1-3-2/h2,4,6,15-21,23,26-27H,3,5,7-14,22,43H2,1H3,(H,45,46,47);3H,1-2H3/b25-19+,44-20?;. The molecule has 2 atom stereocenters. The summed E-state index contributed by atoms with van der Waals surface area (Å²) in [5.41, 5.74) is 5.18. The van der Waals surface area contributed by atoms with Crippen molar-refractivity contribution in [1.29, 1.82) is 0 Å². The molecule has 1 aromatic heterocycles. The van der Waals surface area contributed by atoms with Crippen LogP contribution in [-0.2, 0) is 33.3 Å². The number of hydrogen-bond donors (Lipinski definition) is 3. The first-order valence-electron chi connectivity index (χ1n) is 19.2. The van der Waals surface area contributed by atoms with Crippen molar-refractivity contribution in [2.75, 3.05) is 70.6 Å². The van der Waals surface area contributed by atoms with Crippen molar-refractivity contribution in [3.8, 4) is 0 Å². The van der Waals surface area contributed by atoms with Crippen LogP contribution >= 0.6 is 0 Å². The van der Waals surface area contributed by atoms with E-state index in [0.717, 1.165) is 28.9 Å². The molecule has 0 radical (unpaired) electrons. The number of aromatic nitrogens is 2. The number of amides is 2. The predicted octanol–water partition coefficient (Wildman–Crippen LogP) is 3.53. The van der Waals surface area contributed by atoms with Crippen molar-refractivity contribution < 1.29 is 40.9 Å². The van der Waals surface area contributed by atoms with Crippen LogP contribution < -0.4 is 21.3 Å². The van der Waals surface area contributed by atoms with Crippen LogP contribution in [0.3, 0.4) is 0 Å². The Morgan fingerprint density at radius 3 is 2.30 bits per heavy atom. The molecule has 2 amide bonds. The lowest BCUT2D eigenvalue weighted by molar-refractivity contribution is -0.138. The number of rotatable bonds is 14. The van der Waals surface area contributed by atoms with Crippen molar-refractivity contribution >= 4 is 58.8 Å². The highest BCUT2D eigenvalue weighted by Crippen LogP contribution is 2.35. The fourth-order valence-electron chi connectivity index (χ4n) is 7.16. The molecule has 2 saturated heterocycles. The van der Waals surface area contributed by atoms with Gasteiger partial charge in [0.05, 0.1) is 33.4 Å². The monoisotopic (exact) mass is 856 g/mol. The van der Waals surface area contributed by atoms with Gasteiger partial charge in [-0.05, 0) is 63.2 Å². The zero-order valence-corrected chi connectivity index (χ0v) is 34.3. The molecule has 15 nitrogen and oxygen atoms in total. The van der Waals surface area contributed by atoms with Crippen LogP contribution in [0.15, 0.2) is 58.7 Å². The van der Waals surface area contributed by atoms with E-state index < -0.39 is 46.4 Å². The summed E-state index contributed by atoms with van der Waals surface area (Å²) in [6, 6.07) is 8.58. The summed E-state index contributed by atoms with van der Waals surface area (Å²) in [5, 5.41) is 5.86. The number of halogens is 4. The Labute approximate surface area is 347 Å². The Bertz CT molecular complexity index is 2120. The number of carbonyl (C=O) groups excluding carboxylic acids is 4. The molecule has 3 aromatic rings. The summed E-state index contributed by atoms with van der Waals surface area (Å²) < 4.78 is 71.9. The van der Waals surface area contributed by atoms with Crippen LogP contribution in [-0.4, -0.2) is 131 Å². The Morgan fingerprint density at radius 1 is 1.03 bits per heavy atom. The molecular weight excluding hydrogens is 809 g/mol. The van der Waals surface area contributed by atoms with Gasteiger partial charge in [-0.15, -0.1) is 0 Å². The fourth-order valence-corrected chi connectivity index (χ4v) is 8.45. The summed E-state index contributed by atoms with van der Waals surface area (Å²) in [6.07, 6.45) is 0.333. The highest BCUT2D eigenvalue weighted by molar-refractivity contribution is 7.82. The second kappa shape index (κ2) is 20.7. The van der Waals surface area contributed by atoms with Crippen LogP contribution in [0.25, 0.3) is 5.57 Å². The Hall–Kier alpha value is -5.44. The van der Waals surface area contributed by atoms with E-state index in [1.165, 1.54) is 19.3 Å². The predicted molar refractivity (Wildman–Crippen MR) is 219 cm³/mol. The molecule has 2 aromatic carbocycles. The van der Waals surface area contributed by atoms with Gasteiger partial charge in [0.2, 0.25) is 5.95 Å². The van der Waals surface area contributed by atoms with Gasteiger partial charge in [-0.25, -0.2) is 22.9 Å². The lowest BCUT2D eigenvalue weighted by Gasteiger charge is -2.36. The first-order valence-corrected chi connectivity index (χ1v) is 20.4. The highest BCUT2D eigenvalue weighted by atomic mass is 32.2. The number of benzene rings is 2. The SMILES string of the molecule is CN=C/C(=C\N)c1nc(NC2CCN(S(=O)c3cccc(CN4CCN(c5cc6c(cc5F)C(=O)N(C(C=O)CCC=O)C6=O)CC4)c3)CC2)ncc1C(F)(F)F.CNC. The van der Waals surface area contributed by atoms with E-state index >= 15 is 4.39 Å². The molecule has 20 heteroatoms. The minimum atomic E-state index is -4.70. The number of alkyl halides is 3. The molecule has 322 valence electrons. The number of aliphatic imine (C=N–C) groups is 1. The van der Waals surface area contributed by atoms with Gasteiger partial charge in [0.25, 0.3) is 11.8 Å². The van der Waals surface area contributed by atoms with Gasteiger partial charge in [0, 0.05) is 89.5 Å². The molecule has 4 heterocycles. The number of nitrogens with two attached hydrogens (primary N) is 1. The van der Waals surface area contributed by atoms with Crippen molar-refractivity contribution in [2.45, 2.75) is 55.4 Å². The zero-order chi connectivity index (χ0) is 43.6. The van der Waals surface area contributed by atoms with Crippen LogP contribution in [0.2, 0.25) is 0 Å². The average Bonchev–Trinajstić information content (AvgIpc) is 3.47. The summed E-state index contributed by atoms with van der Waals surface area (Å²) in [6.45, 7) is 3.44. The third kappa shape index (κ3) is 10.6. The van der Waals surface area contributed by atoms with E-state index in [1.54, 1.807) is 11.0 Å². The van der Waals surface area contributed by atoms with Crippen LogP contribution in [0.4, 0.5) is 29.2 Å². The Morgan fingerprint density at radius 2 is 1.70 bits per heavy atom. The molecular formula is C40H48F4N10O5S. The van der Waals surface area contributed by atoms with Crippen LogP contribution in [0.1, 0.15) is 63.2 Å². The number of nitrogens with zero attached hydrogens (tertiary/aromatic N) is 7. The largest absolute Gasteiger partial charge is 0.419 e. The number of carbonyl (C=O) groups is 4. The number of fused-ring (bicyclic) bond motifs is 1. The van der Waals surface area contributed by atoms with Gasteiger partial charge in [-0.1, -0.05) is 12.1 Å². The molecule has 3 aliphatic heterocycles. The van der Waals surface area contributed by atoms with Crippen molar-refractivity contribution in [3.05, 3.63) is 82.6 Å². The number of piperidine rings is 1. The summed E-state index contributed by atoms with van der Waals surface area (Å²) in [4.78, 5) is 65.8. The molecule has 2 unspecified atom stereocenters. The first-order chi connectivity index (χ1) is 28.8. The quantitative estimate of drug-likeness (QED) is 0.0929. The van der Waals surface area contributed by atoms with Gasteiger partial charge < -0.3 is 30.9 Å². The van der Waals surface area contributed by atoms with Crippen molar-refractivity contribution in [2.24, 2.45) is 10.7 Å². The molecule has 6 rings (SSSR count). The smallest absolute Gasteiger partial charge is 0.404 e. The number of hydrogen-bond acceptors (Lipinski definition) is 13. The molecule has 4 N–H and O–H groups in total. The molecule has 0 bridgehead atoms. The minimum Gasteiger partial charge on any atom is -0.404 e. The van der Waals surface area contributed by atoms with E-state index in [2.05, 4.69) is 30.5 Å². The maximum atomic E-state index is 15.4. The van der Waals surface area contributed by atoms with Gasteiger partial charge in [-0.2, -0.15) is 13.2 Å². The molecule has 0 aliphatic carbocycles. The lowest BCUT2D eigenvalue weighted by atomic mass is 10.1. The second-order valence-corrected chi connectivity index (χ2v) is 15.7. The van der Waals surface area contributed by atoms with Crippen molar-refractivity contribution in [3.63, 3.8) is 0 Å². The third-order valence-corrected chi connectivity index (χ3v) is 11.6. The number of anilines is 2. The number of allylic oxidation sites excluding steroid dienone is 1. The Balaban J connectivity index is 0.00000221. The van der Waals surface area contributed by atoms with E-state index in [-0.39, 0.29) is 52.9 Å². The van der Waals surface area contributed by atoms with Crippen LogP contribution in [0, 0.1) is 5.82 Å². The third-order valence-electron chi connectivity index (χ3n) is 10.1. The maximum absolute atomic E-state index is 15.4. The highest BCUT2D eigenvalue weighted by Gasteiger charge is 2.41.